The molecule has 0 atom stereocenters. The van der Waals surface area contributed by atoms with Gasteiger partial charge in [-0.3, -0.25) is 4.79 Å². The maximum absolute atomic E-state index is 12.7. The molecule has 1 amide bonds. The van der Waals surface area contributed by atoms with Crippen LogP contribution >= 0.6 is 0 Å². The summed E-state index contributed by atoms with van der Waals surface area (Å²) in [4.78, 5) is 25.2. The number of nitrogens with zero attached hydrogens (tertiary/aromatic N) is 4. The Balaban J connectivity index is 1.64. The standard InChI is InChI=1S/C19H23N5O2/c1-3-9-20-19-21-10-8-15(22-19)18(25)24-13-11-23(12-14-24)16-6-4-5-7-17(16)26-2/h3-8,10H,1,9,11-14H2,2H3,(H,20,21,22). The van der Waals surface area contributed by atoms with Gasteiger partial charge in [-0.1, -0.05) is 18.2 Å². The minimum atomic E-state index is -0.0753. The van der Waals surface area contributed by atoms with E-state index in [1.807, 2.05) is 29.2 Å². The zero-order chi connectivity index (χ0) is 18.4. The van der Waals surface area contributed by atoms with Gasteiger partial charge in [0.1, 0.15) is 11.4 Å². The first-order valence-electron chi connectivity index (χ1n) is 8.58. The maximum Gasteiger partial charge on any atom is 0.272 e. The average Bonchev–Trinajstić information content (AvgIpc) is 2.72. The highest BCUT2D eigenvalue weighted by molar-refractivity contribution is 5.92. The lowest BCUT2D eigenvalue weighted by atomic mass is 10.2. The second kappa shape index (κ2) is 8.33. The second-order valence-corrected chi connectivity index (χ2v) is 5.89. The van der Waals surface area contributed by atoms with Gasteiger partial charge in [0.2, 0.25) is 5.95 Å². The van der Waals surface area contributed by atoms with Gasteiger partial charge in [-0.25, -0.2) is 9.97 Å². The van der Waals surface area contributed by atoms with Crippen LogP contribution in [0.4, 0.5) is 11.6 Å². The van der Waals surface area contributed by atoms with Crippen molar-refractivity contribution < 1.29 is 9.53 Å². The average molecular weight is 353 g/mol. The van der Waals surface area contributed by atoms with E-state index >= 15 is 0 Å². The molecule has 0 spiro atoms. The van der Waals surface area contributed by atoms with Crippen molar-refractivity contribution >= 4 is 17.5 Å². The number of anilines is 2. The maximum atomic E-state index is 12.7. The first-order chi connectivity index (χ1) is 12.7. The van der Waals surface area contributed by atoms with Crippen molar-refractivity contribution in [2.75, 3.05) is 50.1 Å². The number of piperazine rings is 1. The van der Waals surface area contributed by atoms with Gasteiger partial charge >= 0.3 is 0 Å². The van der Waals surface area contributed by atoms with Crippen LogP contribution in [0.1, 0.15) is 10.5 Å². The third-order valence-corrected chi connectivity index (χ3v) is 4.27. The molecule has 26 heavy (non-hydrogen) atoms. The molecule has 0 aliphatic carbocycles. The van der Waals surface area contributed by atoms with Crippen molar-refractivity contribution in [3.05, 3.63) is 54.9 Å². The van der Waals surface area contributed by atoms with Crippen molar-refractivity contribution in [1.82, 2.24) is 14.9 Å². The van der Waals surface area contributed by atoms with Crippen molar-refractivity contribution in [2.24, 2.45) is 0 Å². The zero-order valence-electron chi connectivity index (χ0n) is 14.9. The van der Waals surface area contributed by atoms with Crippen LogP contribution in [0, 0.1) is 0 Å². The lowest BCUT2D eigenvalue weighted by Gasteiger charge is -2.36. The minimum absolute atomic E-state index is 0.0753. The van der Waals surface area contributed by atoms with Crippen LogP contribution < -0.4 is 15.0 Å². The number of carbonyl (C=O) groups is 1. The molecule has 2 heterocycles. The molecular formula is C19H23N5O2. The van der Waals surface area contributed by atoms with E-state index in [-0.39, 0.29) is 5.91 Å². The Labute approximate surface area is 153 Å². The molecule has 7 nitrogen and oxygen atoms in total. The fourth-order valence-corrected chi connectivity index (χ4v) is 2.93. The highest BCUT2D eigenvalue weighted by Crippen LogP contribution is 2.28. The van der Waals surface area contributed by atoms with Gasteiger partial charge in [0.05, 0.1) is 12.8 Å². The summed E-state index contributed by atoms with van der Waals surface area (Å²) in [6.45, 7) is 6.96. The van der Waals surface area contributed by atoms with Gasteiger partial charge in [-0.2, -0.15) is 0 Å². The van der Waals surface area contributed by atoms with Crippen LogP contribution in [0.2, 0.25) is 0 Å². The summed E-state index contributed by atoms with van der Waals surface area (Å²) in [6, 6.07) is 9.58. The molecule has 1 aromatic heterocycles. The number of aromatic nitrogens is 2. The number of hydrogen-bond donors (Lipinski definition) is 1. The molecule has 1 saturated heterocycles. The van der Waals surface area contributed by atoms with Crippen LogP contribution in [0.3, 0.4) is 0 Å². The Hall–Kier alpha value is -3.09. The van der Waals surface area contributed by atoms with Crippen molar-refractivity contribution in [2.45, 2.75) is 0 Å². The van der Waals surface area contributed by atoms with E-state index < -0.39 is 0 Å². The van der Waals surface area contributed by atoms with Crippen LogP contribution in [0.15, 0.2) is 49.2 Å². The summed E-state index contributed by atoms with van der Waals surface area (Å²) < 4.78 is 5.43. The third kappa shape index (κ3) is 3.93. The third-order valence-electron chi connectivity index (χ3n) is 4.27. The van der Waals surface area contributed by atoms with E-state index in [1.54, 1.807) is 25.4 Å². The number of nitrogens with one attached hydrogen (secondary N) is 1. The summed E-state index contributed by atoms with van der Waals surface area (Å²) in [6.07, 6.45) is 3.31. The normalized spacial score (nSPS) is 14.0. The Kier molecular flexibility index (Phi) is 5.68. The highest BCUT2D eigenvalue weighted by atomic mass is 16.5. The van der Waals surface area contributed by atoms with Gasteiger partial charge in [0.15, 0.2) is 0 Å². The SMILES string of the molecule is C=CCNc1nccc(C(=O)N2CCN(c3ccccc3OC)CC2)n1. The molecule has 0 unspecified atom stereocenters. The molecule has 0 saturated carbocycles. The Bertz CT molecular complexity index is 772. The fraction of sp³-hybridized carbons (Fsp3) is 0.316. The summed E-state index contributed by atoms with van der Waals surface area (Å²) in [5, 5.41) is 3.00. The predicted octanol–water partition coefficient (Wildman–Crippen LogP) is 2.05. The molecule has 7 heteroatoms. The van der Waals surface area contributed by atoms with E-state index in [2.05, 4.69) is 26.8 Å². The van der Waals surface area contributed by atoms with Crippen LogP contribution in [0.25, 0.3) is 0 Å². The largest absolute Gasteiger partial charge is 0.495 e. The van der Waals surface area contributed by atoms with Gasteiger partial charge in [-0.15, -0.1) is 6.58 Å². The molecule has 1 fully saturated rings. The zero-order valence-corrected chi connectivity index (χ0v) is 14.9. The lowest BCUT2D eigenvalue weighted by molar-refractivity contribution is 0.0740. The quantitative estimate of drug-likeness (QED) is 0.802. The van der Waals surface area contributed by atoms with E-state index in [0.29, 0.717) is 31.3 Å². The van der Waals surface area contributed by atoms with Crippen molar-refractivity contribution in [1.29, 1.82) is 0 Å². The topological polar surface area (TPSA) is 70.6 Å². The van der Waals surface area contributed by atoms with Gasteiger partial charge in [0, 0.05) is 38.9 Å². The molecule has 1 aromatic carbocycles. The summed E-state index contributed by atoms with van der Waals surface area (Å²) in [5.41, 5.74) is 1.46. The smallest absolute Gasteiger partial charge is 0.272 e. The number of benzene rings is 1. The lowest BCUT2D eigenvalue weighted by Crippen LogP contribution is -2.49. The van der Waals surface area contributed by atoms with Crippen molar-refractivity contribution in [3.63, 3.8) is 0 Å². The number of para-hydroxylation sites is 2. The first-order valence-corrected chi connectivity index (χ1v) is 8.58. The Morgan fingerprint density at radius 1 is 1.27 bits per heavy atom. The highest BCUT2D eigenvalue weighted by Gasteiger charge is 2.24. The van der Waals surface area contributed by atoms with Crippen LogP contribution in [-0.2, 0) is 0 Å². The monoisotopic (exact) mass is 353 g/mol. The molecule has 3 rings (SSSR count). The molecule has 0 radical (unpaired) electrons. The molecule has 1 aliphatic rings. The number of ether oxygens (including phenoxy) is 1. The molecule has 1 aliphatic heterocycles. The molecule has 136 valence electrons. The van der Waals surface area contributed by atoms with Crippen LogP contribution in [0.5, 0.6) is 5.75 Å². The number of methoxy groups -OCH3 is 1. The van der Waals surface area contributed by atoms with Gasteiger partial charge in [0.25, 0.3) is 5.91 Å². The molecule has 2 aromatic rings. The number of hydrogen-bond acceptors (Lipinski definition) is 6. The number of amides is 1. The molecular weight excluding hydrogens is 330 g/mol. The van der Waals surface area contributed by atoms with Crippen LogP contribution in [-0.4, -0.2) is 60.6 Å². The van der Waals surface area contributed by atoms with E-state index in [9.17, 15) is 4.79 Å². The fourth-order valence-electron chi connectivity index (χ4n) is 2.93. The first kappa shape index (κ1) is 17.7. The summed E-state index contributed by atoms with van der Waals surface area (Å²) in [5.74, 6) is 1.21. The predicted molar refractivity (Wildman–Crippen MR) is 102 cm³/mol. The minimum Gasteiger partial charge on any atom is -0.495 e. The second-order valence-electron chi connectivity index (χ2n) is 5.89. The Morgan fingerprint density at radius 3 is 2.77 bits per heavy atom. The molecule has 0 bridgehead atoms. The van der Waals surface area contributed by atoms with E-state index in [0.717, 1.165) is 24.5 Å². The van der Waals surface area contributed by atoms with E-state index in [1.165, 1.54) is 0 Å². The van der Waals surface area contributed by atoms with E-state index in [4.69, 9.17) is 4.74 Å². The van der Waals surface area contributed by atoms with Gasteiger partial charge < -0.3 is 19.9 Å². The number of rotatable bonds is 6. The molecule has 1 N–H and O–H groups in total. The summed E-state index contributed by atoms with van der Waals surface area (Å²) in [7, 11) is 1.67. The summed E-state index contributed by atoms with van der Waals surface area (Å²) >= 11 is 0. The van der Waals surface area contributed by atoms with Gasteiger partial charge in [-0.05, 0) is 18.2 Å². The Morgan fingerprint density at radius 2 is 2.04 bits per heavy atom. The number of carbonyl (C=O) groups excluding carboxylic acids is 1. The van der Waals surface area contributed by atoms with Crippen molar-refractivity contribution in [3.8, 4) is 5.75 Å².